The Bertz CT molecular complexity index is 1110. The van der Waals surface area contributed by atoms with Gasteiger partial charge >= 0.3 is 6.18 Å². The molecule has 1 aliphatic rings. The zero-order chi connectivity index (χ0) is 23.9. The van der Waals surface area contributed by atoms with Crippen molar-refractivity contribution in [2.75, 3.05) is 18.6 Å². The lowest BCUT2D eigenvalue weighted by molar-refractivity contribution is -0.138. The molecule has 0 saturated heterocycles. The van der Waals surface area contributed by atoms with E-state index in [1.54, 1.807) is 0 Å². The Morgan fingerprint density at radius 3 is 2.44 bits per heavy atom. The molecule has 0 saturated carbocycles. The summed E-state index contributed by atoms with van der Waals surface area (Å²) in [5.41, 5.74) is -0.0756. The molecule has 9 heteroatoms. The van der Waals surface area contributed by atoms with E-state index < -0.39 is 45.3 Å². The number of alkyl halides is 3. The highest BCUT2D eigenvalue weighted by atomic mass is 32.2. The van der Waals surface area contributed by atoms with Crippen molar-refractivity contribution in [1.82, 2.24) is 0 Å². The van der Waals surface area contributed by atoms with Crippen LogP contribution in [0.5, 0.6) is 5.75 Å². The molecule has 0 heterocycles. The van der Waals surface area contributed by atoms with Gasteiger partial charge in [-0.1, -0.05) is 19.9 Å². The van der Waals surface area contributed by atoms with Crippen LogP contribution in [-0.2, 0) is 28.0 Å². The van der Waals surface area contributed by atoms with Crippen molar-refractivity contribution >= 4 is 9.84 Å². The van der Waals surface area contributed by atoms with Crippen LogP contribution in [-0.4, -0.2) is 32.1 Å². The van der Waals surface area contributed by atoms with Crippen molar-refractivity contribution in [3.8, 4) is 5.75 Å². The van der Waals surface area contributed by atoms with Crippen molar-refractivity contribution in [1.29, 1.82) is 0 Å². The first-order valence-corrected chi connectivity index (χ1v) is 12.2. The molecule has 0 spiro atoms. The molecule has 0 radical (unpaired) electrons. The number of benzene rings is 2. The number of rotatable bonds is 7. The maximum absolute atomic E-state index is 14.3. The predicted octanol–water partition coefficient (Wildman–Crippen LogP) is 4.96. The SMILES string of the molecule is CC1(C)CC(c2ccc(OCCCS(C)(=O)=O)cc2C(F)(F)F)c2cc(CO)c(F)cc21. The van der Waals surface area contributed by atoms with E-state index in [1.807, 2.05) is 13.8 Å². The second-order valence-electron chi connectivity index (χ2n) is 8.91. The monoisotopic (exact) mass is 474 g/mol. The second-order valence-corrected chi connectivity index (χ2v) is 11.2. The lowest BCUT2D eigenvalue weighted by Crippen LogP contribution is -2.15. The molecule has 4 nitrogen and oxygen atoms in total. The summed E-state index contributed by atoms with van der Waals surface area (Å²) in [7, 11) is -3.18. The van der Waals surface area contributed by atoms with E-state index in [2.05, 4.69) is 0 Å². The molecule has 1 N–H and O–H groups in total. The summed E-state index contributed by atoms with van der Waals surface area (Å²) < 4.78 is 83.9. The maximum Gasteiger partial charge on any atom is 0.416 e. The van der Waals surface area contributed by atoms with E-state index in [-0.39, 0.29) is 35.7 Å². The van der Waals surface area contributed by atoms with Gasteiger partial charge in [0.15, 0.2) is 0 Å². The first kappa shape index (κ1) is 24.5. The minimum absolute atomic E-state index is 0.00205. The maximum atomic E-state index is 14.3. The Labute approximate surface area is 185 Å². The van der Waals surface area contributed by atoms with Gasteiger partial charge < -0.3 is 9.84 Å². The van der Waals surface area contributed by atoms with Crippen LogP contribution in [0.25, 0.3) is 0 Å². The lowest BCUT2D eigenvalue weighted by Gasteiger charge is -2.22. The Balaban J connectivity index is 1.98. The van der Waals surface area contributed by atoms with Gasteiger partial charge in [-0.25, -0.2) is 12.8 Å². The highest BCUT2D eigenvalue weighted by Gasteiger charge is 2.43. The van der Waals surface area contributed by atoms with Crippen LogP contribution in [0.3, 0.4) is 0 Å². The largest absolute Gasteiger partial charge is 0.494 e. The molecule has 0 bridgehead atoms. The number of halogens is 4. The molecule has 0 aliphatic heterocycles. The zero-order valence-electron chi connectivity index (χ0n) is 18.1. The van der Waals surface area contributed by atoms with E-state index in [0.29, 0.717) is 17.5 Å². The van der Waals surface area contributed by atoms with Crippen molar-refractivity contribution in [2.45, 2.75) is 50.8 Å². The molecular formula is C23H26F4O4S. The van der Waals surface area contributed by atoms with Gasteiger partial charge in [0.2, 0.25) is 0 Å². The number of ether oxygens (including phenoxy) is 1. The molecule has 176 valence electrons. The summed E-state index contributed by atoms with van der Waals surface area (Å²) >= 11 is 0. The molecule has 1 aliphatic carbocycles. The van der Waals surface area contributed by atoms with Crippen LogP contribution in [0.15, 0.2) is 30.3 Å². The molecule has 32 heavy (non-hydrogen) atoms. The highest BCUT2D eigenvalue weighted by Crippen LogP contribution is 2.52. The third-order valence-electron chi connectivity index (χ3n) is 5.84. The third kappa shape index (κ3) is 5.26. The summed E-state index contributed by atoms with van der Waals surface area (Å²) in [6.07, 6.45) is -3.04. The zero-order valence-corrected chi connectivity index (χ0v) is 18.9. The standard InChI is InChI=1S/C23H26F4O4S/c1-22(2)12-18(17-9-14(13-28)21(24)11-19(17)22)16-6-5-15(10-20(16)23(25,26)27)31-7-4-8-32(3,29)30/h5-6,9-11,18,28H,4,7-8,12-13H2,1-3H3. The fraction of sp³-hybridized carbons (Fsp3) is 0.478. The second kappa shape index (κ2) is 8.67. The van der Waals surface area contributed by atoms with Crippen LogP contribution in [0.1, 0.15) is 60.4 Å². The summed E-state index contributed by atoms with van der Waals surface area (Å²) in [5.74, 6) is -1.31. The van der Waals surface area contributed by atoms with E-state index in [0.717, 1.165) is 12.3 Å². The van der Waals surface area contributed by atoms with Crippen molar-refractivity contribution in [2.24, 2.45) is 0 Å². The van der Waals surface area contributed by atoms with Gasteiger partial charge in [-0.3, -0.25) is 0 Å². The van der Waals surface area contributed by atoms with Gasteiger partial charge in [0.1, 0.15) is 21.4 Å². The first-order chi connectivity index (χ1) is 14.7. The van der Waals surface area contributed by atoms with Crippen molar-refractivity contribution in [3.05, 3.63) is 64.0 Å². The number of aliphatic hydroxyl groups is 1. The number of sulfone groups is 1. The Kier molecular flexibility index (Phi) is 6.64. The normalized spacial score (nSPS) is 17.9. The Morgan fingerprint density at radius 2 is 1.84 bits per heavy atom. The molecule has 0 fully saturated rings. The van der Waals surface area contributed by atoms with Gasteiger partial charge in [-0.15, -0.1) is 0 Å². The summed E-state index contributed by atoms with van der Waals surface area (Å²) in [6, 6.07) is 6.50. The van der Waals surface area contributed by atoms with E-state index in [9.17, 15) is 31.1 Å². The summed E-state index contributed by atoms with van der Waals surface area (Å²) in [4.78, 5) is 0. The van der Waals surface area contributed by atoms with Crippen LogP contribution >= 0.6 is 0 Å². The number of hydrogen-bond donors (Lipinski definition) is 1. The molecular weight excluding hydrogens is 448 g/mol. The molecule has 1 atom stereocenters. The third-order valence-corrected chi connectivity index (χ3v) is 6.87. The topological polar surface area (TPSA) is 63.6 Å². The van der Waals surface area contributed by atoms with Gasteiger partial charge in [-0.05, 0) is 59.2 Å². The minimum Gasteiger partial charge on any atom is -0.494 e. The molecule has 0 amide bonds. The molecule has 2 aromatic rings. The molecule has 1 unspecified atom stereocenters. The number of fused-ring (bicyclic) bond motifs is 1. The molecule has 3 rings (SSSR count). The fourth-order valence-electron chi connectivity index (χ4n) is 4.33. The molecule has 2 aromatic carbocycles. The summed E-state index contributed by atoms with van der Waals surface area (Å²) in [5, 5.41) is 9.44. The van der Waals surface area contributed by atoms with Crippen LogP contribution in [0, 0.1) is 5.82 Å². The Morgan fingerprint density at radius 1 is 1.16 bits per heavy atom. The quantitative estimate of drug-likeness (QED) is 0.455. The van der Waals surface area contributed by atoms with Gasteiger partial charge in [0.05, 0.1) is 24.5 Å². The first-order valence-electron chi connectivity index (χ1n) is 10.2. The van der Waals surface area contributed by atoms with Crippen LogP contribution in [0.2, 0.25) is 0 Å². The predicted molar refractivity (Wildman–Crippen MR) is 113 cm³/mol. The lowest BCUT2D eigenvalue weighted by atomic mass is 9.84. The highest BCUT2D eigenvalue weighted by molar-refractivity contribution is 7.90. The van der Waals surface area contributed by atoms with Gasteiger partial charge in [0, 0.05) is 17.7 Å². The molecule has 0 aromatic heterocycles. The van der Waals surface area contributed by atoms with Gasteiger partial charge in [0.25, 0.3) is 0 Å². The number of aliphatic hydroxyl groups excluding tert-OH is 1. The number of hydrogen-bond acceptors (Lipinski definition) is 4. The van der Waals surface area contributed by atoms with E-state index >= 15 is 0 Å². The Hall–Kier alpha value is -2.13. The van der Waals surface area contributed by atoms with Crippen LogP contribution < -0.4 is 4.74 Å². The van der Waals surface area contributed by atoms with E-state index in [1.165, 1.54) is 24.3 Å². The van der Waals surface area contributed by atoms with Crippen molar-refractivity contribution in [3.63, 3.8) is 0 Å². The van der Waals surface area contributed by atoms with Crippen molar-refractivity contribution < 1.29 is 35.8 Å². The minimum atomic E-state index is -4.64. The fourth-order valence-corrected chi connectivity index (χ4v) is 4.97. The average Bonchev–Trinajstić information content (AvgIpc) is 2.93. The van der Waals surface area contributed by atoms with E-state index in [4.69, 9.17) is 4.74 Å². The van der Waals surface area contributed by atoms with Crippen LogP contribution in [0.4, 0.5) is 17.6 Å². The summed E-state index contributed by atoms with van der Waals surface area (Å²) in [6.45, 7) is 3.15. The smallest absolute Gasteiger partial charge is 0.416 e. The average molecular weight is 475 g/mol. The van der Waals surface area contributed by atoms with Gasteiger partial charge in [-0.2, -0.15) is 13.2 Å².